The fourth-order valence-corrected chi connectivity index (χ4v) is 2.87. The van der Waals surface area contributed by atoms with E-state index in [-0.39, 0.29) is 18.1 Å². The van der Waals surface area contributed by atoms with E-state index in [0.717, 1.165) is 5.56 Å². The molecule has 7 heteroatoms. The highest BCUT2D eigenvalue weighted by Gasteiger charge is 2.14. The highest BCUT2D eigenvalue weighted by Crippen LogP contribution is 2.26. The Hall–Kier alpha value is -3.35. The topological polar surface area (TPSA) is 68.1 Å². The Balaban J connectivity index is 1.77. The molecular weight excluding hydrogens is 359 g/mol. The lowest BCUT2D eigenvalue weighted by Crippen LogP contribution is -2.25. The van der Waals surface area contributed by atoms with Crippen LogP contribution in [0.1, 0.15) is 29.3 Å². The summed E-state index contributed by atoms with van der Waals surface area (Å²) in [5.74, 6) is -0.653. The van der Waals surface area contributed by atoms with Crippen molar-refractivity contribution in [2.45, 2.75) is 19.8 Å². The number of amides is 1. The number of carbonyl (C=O) groups is 2. The normalized spacial score (nSPS) is 10.7. The Morgan fingerprint density at radius 1 is 1.18 bits per heavy atom. The maximum Gasteiger partial charge on any atom is 0.226 e. The molecule has 0 fully saturated rings. The molecule has 1 amide bonds. The van der Waals surface area contributed by atoms with Gasteiger partial charge in [0.05, 0.1) is 11.9 Å². The zero-order chi connectivity index (χ0) is 20.3. The summed E-state index contributed by atoms with van der Waals surface area (Å²) in [4.78, 5) is 29.8. The lowest BCUT2D eigenvalue weighted by Gasteiger charge is -2.17. The summed E-state index contributed by atoms with van der Waals surface area (Å²) < 4.78 is 16.2. The SMILES string of the molecule is CCC(=O)N(C)c1ccc(-c2ccc(C(=O)Cc3cnn(C)c3)cn2)c(F)c1. The zero-order valence-electron chi connectivity index (χ0n) is 16.0. The lowest BCUT2D eigenvalue weighted by molar-refractivity contribution is -0.118. The number of hydrogen-bond donors (Lipinski definition) is 0. The van der Waals surface area contributed by atoms with Crippen LogP contribution in [0.15, 0.2) is 48.9 Å². The molecule has 1 aromatic carbocycles. The quantitative estimate of drug-likeness (QED) is 0.615. The van der Waals surface area contributed by atoms with Crippen molar-refractivity contribution in [3.8, 4) is 11.3 Å². The van der Waals surface area contributed by atoms with Gasteiger partial charge >= 0.3 is 0 Å². The number of halogens is 1. The van der Waals surface area contributed by atoms with Crippen molar-refractivity contribution in [1.82, 2.24) is 14.8 Å². The molecule has 2 aromatic heterocycles. The number of anilines is 1. The molecule has 0 aliphatic rings. The number of benzene rings is 1. The van der Waals surface area contributed by atoms with Gasteiger partial charge in [0.15, 0.2) is 5.78 Å². The first-order valence-corrected chi connectivity index (χ1v) is 8.92. The summed E-state index contributed by atoms with van der Waals surface area (Å²) >= 11 is 0. The Morgan fingerprint density at radius 2 is 1.96 bits per heavy atom. The van der Waals surface area contributed by atoms with Crippen LogP contribution in [0, 0.1) is 5.82 Å². The average Bonchev–Trinajstić information content (AvgIpc) is 3.11. The second kappa shape index (κ2) is 8.12. The van der Waals surface area contributed by atoms with E-state index in [2.05, 4.69) is 10.1 Å². The lowest BCUT2D eigenvalue weighted by atomic mass is 10.0. The van der Waals surface area contributed by atoms with Crippen molar-refractivity contribution < 1.29 is 14.0 Å². The maximum absolute atomic E-state index is 14.6. The van der Waals surface area contributed by atoms with Gasteiger partial charge in [0.2, 0.25) is 5.91 Å². The van der Waals surface area contributed by atoms with Gasteiger partial charge in [-0.1, -0.05) is 6.92 Å². The molecule has 3 aromatic rings. The number of pyridine rings is 1. The third-order valence-electron chi connectivity index (χ3n) is 4.50. The Kier molecular flexibility index (Phi) is 5.63. The van der Waals surface area contributed by atoms with Gasteiger partial charge in [0.1, 0.15) is 5.82 Å². The molecular formula is C21H21FN4O2. The van der Waals surface area contributed by atoms with Crippen LogP contribution in [-0.2, 0) is 18.3 Å². The van der Waals surface area contributed by atoms with Crippen molar-refractivity contribution in [2.24, 2.45) is 7.05 Å². The van der Waals surface area contributed by atoms with Crippen LogP contribution in [0.5, 0.6) is 0 Å². The van der Waals surface area contributed by atoms with Gasteiger partial charge in [-0.15, -0.1) is 0 Å². The van der Waals surface area contributed by atoms with E-state index in [9.17, 15) is 14.0 Å². The number of rotatable bonds is 6. The number of aryl methyl sites for hydroxylation is 1. The molecule has 28 heavy (non-hydrogen) atoms. The monoisotopic (exact) mass is 380 g/mol. The summed E-state index contributed by atoms with van der Waals surface area (Å²) in [5.41, 5.74) is 2.50. The van der Waals surface area contributed by atoms with Crippen LogP contribution >= 0.6 is 0 Å². The third-order valence-corrected chi connectivity index (χ3v) is 4.50. The summed E-state index contributed by atoms with van der Waals surface area (Å²) in [5, 5.41) is 4.05. The fourth-order valence-electron chi connectivity index (χ4n) is 2.87. The molecule has 144 valence electrons. The standard InChI is InChI=1S/C21H21FN4O2/c1-4-21(28)26(3)16-6-7-17(18(22)10-16)19-8-5-15(12-23-19)20(27)9-14-11-24-25(2)13-14/h5-8,10-13H,4,9H2,1-3H3. The molecule has 0 unspecified atom stereocenters. The van der Waals surface area contributed by atoms with Crippen LogP contribution in [0.3, 0.4) is 0 Å². The van der Waals surface area contributed by atoms with Crippen LogP contribution in [-0.4, -0.2) is 33.5 Å². The first kappa shape index (κ1) is 19.4. The molecule has 0 N–H and O–H groups in total. The molecule has 3 rings (SSSR count). The zero-order valence-corrected chi connectivity index (χ0v) is 16.0. The van der Waals surface area contributed by atoms with E-state index in [4.69, 9.17) is 0 Å². The summed E-state index contributed by atoms with van der Waals surface area (Å²) in [7, 11) is 3.40. The molecule has 0 bridgehead atoms. The summed E-state index contributed by atoms with van der Waals surface area (Å²) in [6.45, 7) is 1.75. The van der Waals surface area contributed by atoms with Crippen molar-refractivity contribution >= 4 is 17.4 Å². The number of ketones is 1. The molecule has 0 atom stereocenters. The van der Waals surface area contributed by atoms with Gasteiger partial charge in [-0.25, -0.2) is 4.39 Å². The molecule has 0 spiro atoms. The highest BCUT2D eigenvalue weighted by atomic mass is 19.1. The van der Waals surface area contributed by atoms with Gasteiger partial charge in [0, 0.05) is 56.1 Å². The fraction of sp³-hybridized carbons (Fsp3) is 0.238. The van der Waals surface area contributed by atoms with E-state index in [1.807, 2.05) is 0 Å². The minimum absolute atomic E-state index is 0.0810. The van der Waals surface area contributed by atoms with E-state index in [1.165, 1.54) is 17.2 Å². The number of Topliss-reactive ketones (excluding diaryl/α,β-unsaturated/α-hetero) is 1. The van der Waals surface area contributed by atoms with Gasteiger partial charge in [-0.2, -0.15) is 5.10 Å². The van der Waals surface area contributed by atoms with Crippen LogP contribution in [0.25, 0.3) is 11.3 Å². The van der Waals surface area contributed by atoms with Gasteiger partial charge in [0.25, 0.3) is 0 Å². The van der Waals surface area contributed by atoms with E-state index >= 15 is 0 Å². The van der Waals surface area contributed by atoms with Crippen molar-refractivity contribution in [2.75, 3.05) is 11.9 Å². The molecule has 6 nitrogen and oxygen atoms in total. The number of hydrogen-bond acceptors (Lipinski definition) is 4. The largest absolute Gasteiger partial charge is 0.315 e. The molecule has 0 saturated carbocycles. The molecule has 0 radical (unpaired) electrons. The number of nitrogens with zero attached hydrogens (tertiary/aromatic N) is 4. The predicted molar refractivity (Wildman–Crippen MR) is 105 cm³/mol. The van der Waals surface area contributed by atoms with Crippen LogP contribution in [0.2, 0.25) is 0 Å². The van der Waals surface area contributed by atoms with Crippen molar-refractivity contribution in [3.05, 3.63) is 65.9 Å². The smallest absolute Gasteiger partial charge is 0.226 e. The van der Waals surface area contributed by atoms with E-state index in [1.54, 1.807) is 62.4 Å². The second-order valence-electron chi connectivity index (χ2n) is 6.52. The van der Waals surface area contributed by atoms with Gasteiger partial charge < -0.3 is 4.90 Å². The maximum atomic E-state index is 14.6. The molecule has 0 aliphatic heterocycles. The summed E-state index contributed by atoms with van der Waals surface area (Å²) in [6.07, 6.45) is 5.47. The Bertz CT molecular complexity index is 1010. The van der Waals surface area contributed by atoms with E-state index < -0.39 is 5.82 Å². The predicted octanol–water partition coefficient (Wildman–Crippen LogP) is 3.42. The Morgan fingerprint density at radius 3 is 2.54 bits per heavy atom. The first-order valence-electron chi connectivity index (χ1n) is 8.92. The van der Waals surface area contributed by atoms with Crippen LogP contribution in [0.4, 0.5) is 10.1 Å². The highest BCUT2D eigenvalue weighted by molar-refractivity contribution is 5.97. The second-order valence-corrected chi connectivity index (χ2v) is 6.52. The first-order chi connectivity index (χ1) is 13.4. The van der Waals surface area contributed by atoms with Gasteiger partial charge in [-0.05, 0) is 35.9 Å². The van der Waals surface area contributed by atoms with Gasteiger partial charge in [-0.3, -0.25) is 19.3 Å². The van der Waals surface area contributed by atoms with E-state index in [0.29, 0.717) is 28.9 Å². The average molecular weight is 380 g/mol. The third kappa shape index (κ3) is 4.14. The minimum Gasteiger partial charge on any atom is -0.315 e. The molecule has 2 heterocycles. The summed E-state index contributed by atoms with van der Waals surface area (Å²) in [6, 6.07) is 7.83. The van der Waals surface area contributed by atoms with Crippen molar-refractivity contribution in [3.63, 3.8) is 0 Å². The minimum atomic E-state index is -0.477. The molecule has 0 aliphatic carbocycles. The molecule has 0 saturated heterocycles. The van der Waals surface area contributed by atoms with Crippen LogP contribution < -0.4 is 4.90 Å². The number of carbonyl (C=O) groups excluding carboxylic acids is 2. The Labute approximate surface area is 162 Å². The van der Waals surface area contributed by atoms with Crippen molar-refractivity contribution in [1.29, 1.82) is 0 Å². The number of aromatic nitrogens is 3.